The molecule has 0 aliphatic carbocycles. The number of carbonyl (C=O) groups excluding carboxylic acids is 1. The molecule has 0 aromatic heterocycles. The smallest absolute Gasteiger partial charge is 0.279 e. The molecule has 0 aliphatic rings. The van der Waals surface area contributed by atoms with Crippen molar-refractivity contribution in [1.82, 2.24) is 0 Å². The maximum atomic E-state index is 12.1. The van der Waals surface area contributed by atoms with Crippen LogP contribution in [0.3, 0.4) is 0 Å². The highest BCUT2D eigenvalue weighted by Crippen LogP contribution is 2.22. The summed E-state index contributed by atoms with van der Waals surface area (Å²) in [6, 6.07) is 17.0. The molecule has 5 heteroatoms. The van der Waals surface area contributed by atoms with Crippen LogP contribution in [0.1, 0.15) is 0 Å². The molecule has 0 aliphatic heterocycles. The van der Waals surface area contributed by atoms with E-state index in [1.54, 1.807) is 7.11 Å². The number of para-hydroxylation sites is 3. The second kappa shape index (κ2) is 8.80. The number of ether oxygens (including phenoxy) is 2. The van der Waals surface area contributed by atoms with Crippen LogP contribution < -0.4 is 19.7 Å². The summed E-state index contributed by atoms with van der Waals surface area (Å²) in [7, 11) is 3.56. The Morgan fingerprint density at radius 3 is 2.52 bits per heavy atom. The first-order valence-corrected chi connectivity index (χ1v) is 7.61. The summed E-state index contributed by atoms with van der Waals surface area (Å²) in [6.07, 6.45) is 0. The molecule has 1 amide bonds. The molecule has 23 heavy (non-hydrogen) atoms. The van der Waals surface area contributed by atoms with E-state index in [0.717, 1.165) is 17.2 Å². The minimum absolute atomic E-state index is 0.0493. The Morgan fingerprint density at radius 2 is 1.78 bits per heavy atom. The second-order valence-corrected chi connectivity index (χ2v) is 5.29. The monoisotopic (exact) mass is 315 g/mol. The summed E-state index contributed by atoms with van der Waals surface area (Å²) in [6.45, 7) is 1.68. The number of methoxy groups -OCH3 is 1. The zero-order valence-corrected chi connectivity index (χ0v) is 13.5. The van der Waals surface area contributed by atoms with Crippen LogP contribution >= 0.6 is 0 Å². The Morgan fingerprint density at radius 1 is 1.09 bits per heavy atom. The third-order valence-corrected chi connectivity index (χ3v) is 3.38. The predicted molar refractivity (Wildman–Crippen MR) is 90.2 cm³/mol. The van der Waals surface area contributed by atoms with Crippen molar-refractivity contribution in [3.05, 3.63) is 54.6 Å². The van der Waals surface area contributed by atoms with Crippen LogP contribution in [0.5, 0.6) is 11.5 Å². The molecule has 1 atom stereocenters. The molecular formula is C18H23N2O3+. The quantitative estimate of drug-likeness (QED) is 0.770. The van der Waals surface area contributed by atoms with Crippen LogP contribution in [-0.2, 0) is 4.79 Å². The fourth-order valence-corrected chi connectivity index (χ4v) is 2.16. The van der Waals surface area contributed by atoms with Gasteiger partial charge >= 0.3 is 0 Å². The lowest BCUT2D eigenvalue weighted by molar-refractivity contribution is -0.871. The molecule has 0 radical (unpaired) electrons. The first kappa shape index (κ1) is 16.8. The molecule has 5 nitrogen and oxygen atoms in total. The Balaban J connectivity index is 1.74. The molecule has 122 valence electrons. The predicted octanol–water partition coefficient (Wildman–Crippen LogP) is 1.23. The fraction of sp³-hybridized carbons (Fsp3) is 0.278. The summed E-state index contributed by atoms with van der Waals surface area (Å²) in [4.78, 5) is 13.2. The van der Waals surface area contributed by atoms with Crippen molar-refractivity contribution >= 4 is 11.6 Å². The van der Waals surface area contributed by atoms with E-state index in [2.05, 4.69) is 5.32 Å². The SMILES string of the molecule is COc1ccccc1NC(=O)C[NH+](C)CCOc1ccccc1. The third-order valence-electron chi connectivity index (χ3n) is 3.38. The number of quaternary nitrogens is 1. The normalized spacial score (nSPS) is 11.6. The minimum Gasteiger partial charge on any atom is -0.495 e. The van der Waals surface area contributed by atoms with Gasteiger partial charge in [-0.3, -0.25) is 4.79 Å². The Bertz CT molecular complexity index is 617. The standard InChI is InChI=1S/C18H22N2O3/c1-20(12-13-23-15-8-4-3-5-9-15)14-18(21)19-16-10-6-7-11-17(16)22-2/h3-11H,12-14H2,1-2H3,(H,19,21)/p+1. The van der Waals surface area contributed by atoms with E-state index in [-0.39, 0.29) is 5.91 Å². The van der Waals surface area contributed by atoms with E-state index in [1.165, 1.54) is 0 Å². The van der Waals surface area contributed by atoms with Crippen molar-refractivity contribution in [2.75, 3.05) is 39.2 Å². The molecule has 0 saturated heterocycles. The van der Waals surface area contributed by atoms with Gasteiger partial charge in [0, 0.05) is 0 Å². The van der Waals surface area contributed by atoms with E-state index >= 15 is 0 Å². The summed E-state index contributed by atoms with van der Waals surface area (Å²) in [5, 5.41) is 2.87. The first-order valence-electron chi connectivity index (χ1n) is 7.61. The van der Waals surface area contributed by atoms with Gasteiger partial charge in [-0.15, -0.1) is 0 Å². The lowest BCUT2D eigenvalue weighted by atomic mass is 10.3. The number of nitrogens with one attached hydrogen (secondary N) is 2. The maximum Gasteiger partial charge on any atom is 0.279 e. The van der Waals surface area contributed by atoms with Crippen molar-refractivity contribution in [1.29, 1.82) is 0 Å². The van der Waals surface area contributed by atoms with Gasteiger partial charge in [-0.2, -0.15) is 0 Å². The first-order chi connectivity index (χ1) is 11.2. The highest BCUT2D eigenvalue weighted by atomic mass is 16.5. The molecule has 1 unspecified atom stereocenters. The molecular weight excluding hydrogens is 292 g/mol. The van der Waals surface area contributed by atoms with Crippen molar-refractivity contribution < 1.29 is 19.2 Å². The van der Waals surface area contributed by atoms with Crippen LogP contribution in [0.25, 0.3) is 0 Å². The number of hydrogen-bond acceptors (Lipinski definition) is 3. The van der Waals surface area contributed by atoms with E-state index in [0.29, 0.717) is 24.6 Å². The van der Waals surface area contributed by atoms with E-state index in [9.17, 15) is 4.79 Å². The highest BCUT2D eigenvalue weighted by molar-refractivity contribution is 5.92. The van der Waals surface area contributed by atoms with Crippen molar-refractivity contribution in [3.8, 4) is 11.5 Å². The molecule has 0 fully saturated rings. The van der Waals surface area contributed by atoms with Crippen molar-refractivity contribution in [2.45, 2.75) is 0 Å². The largest absolute Gasteiger partial charge is 0.495 e. The van der Waals surface area contributed by atoms with Gasteiger partial charge in [-0.05, 0) is 24.3 Å². The summed E-state index contributed by atoms with van der Waals surface area (Å²) >= 11 is 0. The summed E-state index contributed by atoms with van der Waals surface area (Å²) < 4.78 is 10.9. The minimum atomic E-state index is -0.0493. The summed E-state index contributed by atoms with van der Waals surface area (Å²) in [5.74, 6) is 1.45. The van der Waals surface area contributed by atoms with Gasteiger partial charge in [0.1, 0.15) is 24.7 Å². The topological polar surface area (TPSA) is 52.0 Å². The number of anilines is 1. The Hall–Kier alpha value is -2.53. The number of likely N-dealkylation sites (N-methyl/N-ethyl adjacent to an activating group) is 1. The fourth-order valence-electron chi connectivity index (χ4n) is 2.16. The molecule has 2 rings (SSSR count). The molecule has 0 bridgehead atoms. The van der Waals surface area contributed by atoms with Crippen LogP contribution in [-0.4, -0.2) is 39.8 Å². The lowest BCUT2D eigenvalue weighted by Gasteiger charge is -2.15. The second-order valence-electron chi connectivity index (χ2n) is 5.29. The molecule has 0 spiro atoms. The number of benzene rings is 2. The van der Waals surface area contributed by atoms with Crippen LogP contribution in [0, 0.1) is 0 Å². The lowest BCUT2D eigenvalue weighted by Crippen LogP contribution is -3.10. The van der Waals surface area contributed by atoms with Crippen molar-refractivity contribution in [3.63, 3.8) is 0 Å². The number of amides is 1. The Kier molecular flexibility index (Phi) is 6.44. The maximum absolute atomic E-state index is 12.1. The molecule has 2 aromatic rings. The zero-order chi connectivity index (χ0) is 16.5. The van der Waals surface area contributed by atoms with E-state index < -0.39 is 0 Å². The number of rotatable bonds is 8. The number of hydrogen-bond donors (Lipinski definition) is 2. The summed E-state index contributed by atoms with van der Waals surface area (Å²) in [5.41, 5.74) is 0.688. The highest BCUT2D eigenvalue weighted by Gasteiger charge is 2.12. The van der Waals surface area contributed by atoms with Gasteiger partial charge in [-0.25, -0.2) is 0 Å². The average molecular weight is 315 g/mol. The van der Waals surface area contributed by atoms with Crippen LogP contribution in [0.4, 0.5) is 5.69 Å². The van der Waals surface area contributed by atoms with Crippen molar-refractivity contribution in [2.24, 2.45) is 0 Å². The third kappa shape index (κ3) is 5.64. The van der Waals surface area contributed by atoms with Gasteiger partial charge in [0.05, 0.1) is 19.8 Å². The van der Waals surface area contributed by atoms with Gasteiger partial charge < -0.3 is 19.7 Å². The van der Waals surface area contributed by atoms with Crippen LogP contribution in [0.15, 0.2) is 54.6 Å². The van der Waals surface area contributed by atoms with Gasteiger partial charge in [-0.1, -0.05) is 30.3 Å². The number of carbonyl (C=O) groups is 1. The van der Waals surface area contributed by atoms with E-state index in [4.69, 9.17) is 9.47 Å². The molecule has 2 aromatic carbocycles. The van der Waals surface area contributed by atoms with Gasteiger partial charge in [0.25, 0.3) is 5.91 Å². The van der Waals surface area contributed by atoms with E-state index in [1.807, 2.05) is 61.6 Å². The van der Waals surface area contributed by atoms with Gasteiger partial charge in [0.15, 0.2) is 6.54 Å². The molecule has 2 N–H and O–H groups in total. The van der Waals surface area contributed by atoms with Crippen LogP contribution in [0.2, 0.25) is 0 Å². The van der Waals surface area contributed by atoms with Gasteiger partial charge in [0.2, 0.25) is 0 Å². The Labute approximate surface area is 136 Å². The zero-order valence-electron chi connectivity index (χ0n) is 13.5. The average Bonchev–Trinajstić information content (AvgIpc) is 2.56. The molecule has 0 saturated carbocycles. The molecule has 0 heterocycles.